The Kier molecular flexibility index (Phi) is 5.68. The van der Waals surface area contributed by atoms with E-state index in [0.29, 0.717) is 18.1 Å². The van der Waals surface area contributed by atoms with Crippen LogP contribution in [0, 0.1) is 13.8 Å². The third kappa shape index (κ3) is 3.72. The highest BCUT2D eigenvalue weighted by Crippen LogP contribution is 2.25. The Morgan fingerprint density at radius 1 is 1.36 bits per heavy atom. The molecule has 0 aliphatic heterocycles. The summed E-state index contributed by atoms with van der Waals surface area (Å²) < 4.78 is 17.4. The van der Waals surface area contributed by atoms with E-state index < -0.39 is 5.97 Å². The number of furan rings is 1. The number of esters is 1. The van der Waals surface area contributed by atoms with Crippen LogP contribution in [-0.4, -0.2) is 36.3 Å². The van der Waals surface area contributed by atoms with Crippen LogP contribution in [0.1, 0.15) is 27.7 Å². The molecule has 0 N–H and O–H groups in total. The molecule has 0 aliphatic carbocycles. The molecule has 0 unspecified atom stereocenters. The SMILES string of the molecule is COCCn1c(SCc2ccc(C(=O)OC)o2)nc(C)c1C. The van der Waals surface area contributed by atoms with Crippen LogP contribution in [0.15, 0.2) is 21.7 Å². The molecule has 7 heteroatoms. The van der Waals surface area contributed by atoms with E-state index in [2.05, 4.69) is 14.3 Å². The molecule has 2 rings (SSSR count). The van der Waals surface area contributed by atoms with Crippen molar-refractivity contribution in [1.29, 1.82) is 0 Å². The number of thioether (sulfide) groups is 1. The van der Waals surface area contributed by atoms with E-state index in [9.17, 15) is 4.79 Å². The van der Waals surface area contributed by atoms with Crippen molar-refractivity contribution in [3.05, 3.63) is 35.0 Å². The minimum absolute atomic E-state index is 0.216. The summed E-state index contributed by atoms with van der Waals surface area (Å²) in [6.07, 6.45) is 0. The molecular weight excluding hydrogens is 304 g/mol. The molecule has 0 saturated heterocycles. The van der Waals surface area contributed by atoms with E-state index in [1.54, 1.807) is 31.0 Å². The van der Waals surface area contributed by atoms with E-state index >= 15 is 0 Å². The Hall–Kier alpha value is -1.73. The van der Waals surface area contributed by atoms with Gasteiger partial charge in [0.05, 0.1) is 25.2 Å². The van der Waals surface area contributed by atoms with Crippen LogP contribution in [0.2, 0.25) is 0 Å². The Bertz CT molecular complexity index is 648. The van der Waals surface area contributed by atoms with Gasteiger partial charge in [-0.1, -0.05) is 11.8 Å². The van der Waals surface area contributed by atoms with Crippen molar-refractivity contribution < 1.29 is 18.7 Å². The highest BCUT2D eigenvalue weighted by molar-refractivity contribution is 7.98. The number of ether oxygens (including phenoxy) is 2. The second-order valence-corrected chi connectivity index (χ2v) is 5.70. The summed E-state index contributed by atoms with van der Waals surface area (Å²) in [4.78, 5) is 15.9. The lowest BCUT2D eigenvalue weighted by molar-refractivity contribution is 0.0563. The number of hydrogen-bond donors (Lipinski definition) is 0. The number of nitrogens with zero attached hydrogens (tertiary/aromatic N) is 2. The summed E-state index contributed by atoms with van der Waals surface area (Å²) in [6, 6.07) is 3.40. The zero-order valence-electron chi connectivity index (χ0n) is 13.2. The number of hydrogen-bond acceptors (Lipinski definition) is 6. The maximum atomic E-state index is 11.4. The van der Waals surface area contributed by atoms with Gasteiger partial charge in [-0.2, -0.15) is 0 Å². The Morgan fingerprint density at radius 2 is 2.14 bits per heavy atom. The Balaban J connectivity index is 2.06. The predicted octanol–water partition coefficient (Wildman–Crippen LogP) is 2.82. The summed E-state index contributed by atoms with van der Waals surface area (Å²) in [5.74, 6) is 1.06. The second-order valence-electron chi connectivity index (χ2n) is 4.76. The summed E-state index contributed by atoms with van der Waals surface area (Å²) in [5.41, 5.74) is 2.14. The van der Waals surface area contributed by atoms with E-state index in [1.807, 2.05) is 13.8 Å². The molecular formula is C15H20N2O4S. The third-order valence-electron chi connectivity index (χ3n) is 3.33. The van der Waals surface area contributed by atoms with Gasteiger partial charge < -0.3 is 18.5 Å². The highest BCUT2D eigenvalue weighted by atomic mass is 32.2. The first kappa shape index (κ1) is 16.6. The van der Waals surface area contributed by atoms with E-state index in [1.165, 1.54) is 7.11 Å². The van der Waals surface area contributed by atoms with Gasteiger partial charge in [0, 0.05) is 19.3 Å². The lowest BCUT2D eigenvalue weighted by Gasteiger charge is -2.08. The summed E-state index contributed by atoms with van der Waals surface area (Å²) in [5, 5.41) is 0.920. The van der Waals surface area contributed by atoms with Gasteiger partial charge in [-0.05, 0) is 26.0 Å². The maximum absolute atomic E-state index is 11.4. The van der Waals surface area contributed by atoms with Crippen molar-refractivity contribution >= 4 is 17.7 Å². The van der Waals surface area contributed by atoms with Crippen LogP contribution in [0.25, 0.3) is 0 Å². The van der Waals surface area contributed by atoms with Crippen LogP contribution in [0.4, 0.5) is 0 Å². The Labute approximate surface area is 133 Å². The van der Waals surface area contributed by atoms with Crippen molar-refractivity contribution in [2.45, 2.75) is 31.3 Å². The van der Waals surface area contributed by atoms with Crippen LogP contribution >= 0.6 is 11.8 Å². The first-order valence-corrected chi connectivity index (χ1v) is 7.87. The molecule has 120 valence electrons. The minimum atomic E-state index is -0.468. The average molecular weight is 324 g/mol. The quantitative estimate of drug-likeness (QED) is 0.576. The van der Waals surface area contributed by atoms with Crippen LogP contribution in [0.5, 0.6) is 0 Å². The maximum Gasteiger partial charge on any atom is 0.373 e. The molecule has 0 spiro atoms. The number of carbonyl (C=O) groups excluding carboxylic acids is 1. The summed E-state index contributed by atoms with van der Waals surface area (Å²) in [6.45, 7) is 5.43. The van der Waals surface area contributed by atoms with E-state index in [0.717, 1.165) is 23.1 Å². The number of imidazole rings is 1. The molecule has 0 saturated carbocycles. The standard InChI is InChI=1S/C15H20N2O4S/c1-10-11(2)17(7-8-19-3)15(16-10)22-9-12-5-6-13(21-12)14(18)20-4/h5-6H,7-9H2,1-4H3. The first-order valence-electron chi connectivity index (χ1n) is 6.89. The zero-order chi connectivity index (χ0) is 16.1. The highest BCUT2D eigenvalue weighted by Gasteiger charge is 2.14. The molecule has 2 heterocycles. The predicted molar refractivity (Wildman–Crippen MR) is 83.2 cm³/mol. The number of rotatable bonds is 7. The van der Waals surface area contributed by atoms with Gasteiger partial charge in [0.25, 0.3) is 0 Å². The number of aryl methyl sites for hydroxylation is 1. The fourth-order valence-electron chi connectivity index (χ4n) is 1.98. The van der Waals surface area contributed by atoms with Gasteiger partial charge in [-0.15, -0.1) is 0 Å². The normalized spacial score (nSPS) is 10.9. The van der Waals surface area contributed by atoms with Crippen LogP contribution in [-0.2, 0) is 21.8 Å². The molecule has 6 nitrogen and oxygen atoms in total. The molecule has 0 fully saturated rings. The van der Waals surface area contributed by atoms with Crippen molar-refractivity contribution in [2.75, 3.05) is 20.8 Å². The molecule has 0 amide bonds. The lowest BCUT2D eigenvalue weighted by Crippen LogP contribution is -2.07. The molecule has 2 aromatic rings. The molecule has 22 heavy (non-hydrogen) atoms. The summed E-state index contributed by atoms with van der Waals surface area (Å²) in [7, 11) is 3.01. The van der Waals surface area contributed by atoms with Gasteiger partial charge in [-0.25, -0.2) is 9.78 Å². The number of carbonyl (C=O) groups is 1. The van der Waals surface area contributed by atoms with Crippen molar-refractivity contribution in [2.24, 2.45) is 0 Å². The molecule has 0 aromatic carbocycles. The van der Waals surface area contributed by atoms with E-state index in [4.69, 9.17) is 9.15 Å². The third-order valence-corrected chi connectivity index (χ3v) is 4.33. The fourth-order valence-corrected chi connectivity index (χ4v) is 2.99. The average Bonchev–Trinajstić information content (AvgIpc) is 3.09. The molecule has 0 radical (unpaired) electrons. The van der Waals surface area contributed by atoms with Crippen LogP contribution in [0.3, 0.4) is 0 Å². The topological polar surface area (TPSA) is 66.5 Å². The Morgan fingerprint density at radius 3 is 2.82 bits per heavy atom. The molecule has 0 atom stereocenters. The second kappa shape index (κ2) is 7.51. The van der Waals surface area contributed by atoms with Crippen molar-refractivity contribution in [1.82, 2.24) is 9.55 Å². The fraction of sp³-hybridized carbons (Fsp3) is 0.467. The molecule has 0 aliphatic rings. The largest absolute Gasteiger partial charge is 0.463 e. The van der Waals surface area contributed by atoms with Gasteiger partial charge in [0.2, 0.25) is 5.76 Å². The minimum Gasteiger partial charge on any atom is -0.463 e. The summed E-state index contributed by atoms with van der Waals surface area (Å²) >= 11 is 1.57. The van der Waals surface area contributed by atoms with Gasteiger partial charge in [0.15, 0.2) is 5.16 Å². The smallest absolute Gasteiger partial charge is 0.373 e. The van der Waals surface area contributed by atoms with Gasteiger partial charge >= 0.3 is 5.97 Å². The lowest BCUT2D eigenvalue weighted by atomic mass is 10.4. The van der Waals surface area contributed by atoms with Gasteiger partial charge in [0.1, 0.15) is 5.76 Å². The monoisotopic (exact) mass is 324 g/mol. The van der Waals surface area contributed by atoms with Crippen molar-refractivity contribution in [3.63, 3.8) is 0 Å². The van der Waals surface area contributed by atoms with E-state index in [-0.39, 0.29) is 5.76 Å². The number of methoxy groups -OCH3 is 2. The van der Waals surface area contributed by atoms with Gasteiger partial charge in [-0.3, -0.25) is 0 Å². The number of aromatic nitrogens is 2. The molecule has 0 bridgehead atoms. The van der Waals surface area contributed by atoms with Crippen molar-refractivity contribution in [3.8, 4) is 0 Å². The molecule has 2 aromatic heterocycles. The first-order chi connectivity index (χ1) is 10.6. The zero-order valence-corrected chi connectivity index (χ0v) is 14.0. The van der Waals surface area contributed by atoms with Crippen LogP contribution < -0.4 is 0 Å².